The molecule has 0 fully saturated rings. The minimum Gasteiger partial charge on any atom is -0.465 e. The maximum absolute atomic E-state index is 12.5. The van der Waals surface area contributed by atoms with Crippen molar-refractivity contribution in [1.29, 1.82) is 0 Å². The van der Waals surface area contributed by atoms with Crippen molar-refractivity contribution < 1.29 is 23.0 Å². The lowest BCUT2D eigenvalue weighted by Crippen LogP contribution is -2.33. The standard InChI is InChI=1S/C15H21F2NO3/c1-4-20-14(19)13(18-9-10(2)3)11-7-5-6-8-12(11)21-15(16)17/h5-8,10,13,15,18H,4,9H2,1-3H3. The van der Waals surface area contributed by atoms with E-state index in [1.165, 1.54) is 6.07 Å². The molecule has 6 heteroatoms. The van der Waals surface area contributed by atoms with Crippen LogP contribution in [0.15, 0.2) is 24.3 Å². The number of ether oxygens (including phenoxy) is 2. The quantitative estimate of drug-likeness (QED) is 0.749. The van der Waals surface area contributed by atoms with Gasteiger partial charge in [0.05, 0.1) is 6.61 Å². The van der Waals surface area contributed by atoms with Crippen molar-refractivity contribution in [2.75, 3.05) is 13.2 Å². The Morgan fingerprint density at radius 1 is 1.29 bits per heavy atom. The van der Waals surface area contributed by atoms with E-state index in [1.54, 1.807) is 25.1 Å². The van der Waals surface area contributed by atoms with Gasteiger partial charge in [0, 0.05) is 5.56 Å². The average molecular weight is 301 g/mol. The van der Waals surface area contributed by atoms with Crippen LogP contribution in [0, 0.1) is 5.92 Å². The zero-order valence-corrected chi connectivity index (χ0v) is 12.4. The molecule has 0 radical (unpaired) electrons. The Balaban J connectivity index is 3.03. The maximum Gasteiger partial charge on any atom is 0.387 e. The first-order chi connectivity index (χ1) is 9.95. The second-order valence-electron chi connectivity index (χ2n) is 4.90. The zero-order chi connectivity index (χ0) is 15.8. The second kappa shape index (κ2) is 8.56. The highest BCUT2D eigenvalue weighted by Gasteiger charge is 2.25. The number of carbonyl (C=O) groups is 1. The molecule has 0 saturated heterocycles. The summed E-state index contributed by atoms with van der Waals surface area (Å²) in [7, 11) is 0. The molecule has 1 N–H and O–H groups in total. The van der Waals surface area contributed by atoms with E-state index in [2.05, 4.69) is 10.1 Å². The van der Waals surface area contributed by atoms with E-state index < -0.39 is 18.6 Å². The van der Waals surface area contributed by atoms with E-state index >= 15 is 0 Å². The lowest BCUT2D eigenvalue weighted by Gasteiger charge is -2.21. The number of hydrogen-bond donors (Lipinski definition) is 1. The number of nitrogens with one attached hydrogen (secondary N) is 1. The number of benzene rings is 1. The summed E-state index contributed by atoms with van der Waals surface area (Å²) in [6.07, 6.45) is 0. The Labute approximate surface area is 123 Å². The van der Waals surface area contributed by atoms with E-state index in [0.717, 1.165) is 0 Å². The van der Waals surface area contributed by atoms with E-state index in [1.807, 2.05) is 13.8 Å². The molecule has 0 aliphatic heterocycles. The molecule has 0 aliphatic rings. The topological polar surface area (TPSA) is 47.6 Å². The van der Waals surface area contributed by atoms with Gasteiger partial charge in [-0.05, 0) is 25.5 Å². The van der Waals surface area contributed by atoms with Crippen molar-refractivity contribution in [3.05, 3.63) is 29.8 Å². The van der Waals surface area contributed by atoms with Gasteiger partial charge in [0.25, 0.3) is 0 Å². The molecule has 1 unspecified atom stereocenters. The first-order valence-corrected chi connectivity index (χ1v) is 6.89. The first kappa shape index (κ1) is 17.4. The van der Waals surface area contributed by atoms with Crippen LogP contribution in [-0.2, 0) is 9.53 Å². The van der Waals surface area contributed by atoms with E-state index in [4.69, 9.17) is 4.74 Å². The molecule has 0 amide bonds. The van der Waals surface area contributed by atoms with Gasteiger partial charge in [0.1, 0.15) is 11.8 Å². The van der Waals surface area contributed by atoms with Gasteiger partial charge in [-0.2, -0.15) is 8.78 Å². The molecule has 0 aliphatic carbocycles. The summed E-state index contributed by atoms with van der Waals surface area (Å²) in [5.74, 6) is -0.240. The van der Waals surface area contributed by atoms with Crippen LogP contribution in [0.1, 0.15) is 32.4 Å². The third-order valence-electron chi connectivity index (χ3n) is 2.70. The summed E-state index contributed by atoms with van der Waals surface area (Å²) in [4.78, 5) is 12.1. The Hall–Kier alpha value is -1.69. The molecule has 118 valence electrons. The van der Waals surface area contributed by atoms with E-state index in [-0.39, 0.29) is 12.4 Å². The fraction of sp³-hybridized carbons (Fsp3) is 0.533. The summed E-state index contributed by atoms with van der Waals surface area (Å²) < 4.78 is 34.4. The number of hydrogen-bond acceptors (Lipinski definition) is 4. The van der Waals surface area contributed by atoms with Gasteiger partial charge in [0.2, 0.25) is 0 Å². The van der Waals surface area contributed by atoms with Crippen LogP contribution in [-0.4, -0.2) is 25.7 Å². The molecule has 0 bridgehead atoms. The Bertz CT molecular complexity index is 452. The van der Waals surface area contributed by atoms with Gasteiger partial charge in [-0.3, -0.25) is 0 Å². The Kier molecular flexibility index (Phi) is 7.08. The minimum atomic E-state index is -2.95. The van der Waals surface area contributed by atoms with Crippen LogP contribution in [0.4, 0.5) is 8.78 Å². The molecular weight excluding hydrogens is 280 g/mol. The van der Waals surface area contributed by atoms with Crippen LogP contribution < -0.4 is 10.1 Å². The number of rotatable bonds is 8. The lowest BCUT2D eigenvalue weighted by molar-refractivity contribution is -0.146. The van der Waals surface area contributed by atoms with Crippen molar-refractivity contribution in [3.8, 4) is 5.75 Å². The second-order valence-corrected chi connectivity index (χ2v) is 4.90. The van der Waals surface area contributed by atoms with Crippen LogP contribution >= 0.6 is 0 Å². The number of halogens is 2. The molecule has 1 aromatic carbocycles. The molecule has 21 heavy (non-hydrogen) atoms. The van der Waals surface area contributed by atoms with Crippen molar-refractivity contribution in [3.63, 3.8) is 0 Å². The molecule has 1 rings (SSSR count). The summed E-state index contributed by atoms with van der Waals surface area (Å²) in [6.45, 7) is 3.48. The van der Waals surface area contributed by atoms with Gasteiger partial charge in [0.15, 0.2) is 0 Å². The average Bonchev–Trinajstić information content (AvgIpc) is 2.40. The molecule has 0 saturated carbocycles. The predicted molar refractivity (Wildman–Crippen MR) is 75.3 cm³/mol. The number of carbonyl (C=O) groups excluding carboxylic acids is 1. The highest BCUT2D eigenvalue weighted by atomic mass is 19.3. The molecule has 4 nitrogen and oxygen atoms in total. The highest BCUT2D eigenvalue weighted by molar-refractivity contribution is 5.78. The van der Waals surface area contributed by atoms with Crippen molar-refractivity contribution >= 4 is 5.97 Å². The van der Waals surface area contributed by atoms with Gasteiger partial charge >= 0.3 is 12.6 Å². The Morgan fingerprint density at radius 2 is 1.95 bits per heavy atom. The number of para-hydroxylation sites is 1. The summed E-state index contributed by atoms with van der Waals surface area (Å²) in [5, 5.41) is 3.03. The van der Waals surface area contributed by atoms with E-state index in [9.17, 15) is 13.6 Å². The highest BCUT2D eigenvalue weighted by Crippen LogP contribution is 2.27. The molecule has 0 heterocycles. The maximum atomic E-state index is 12.5. The van der Waals surface area contributed by atoms with Crippen molar-refractivity contribution in [2.24, 2.45) is 5.92 Å². The van der Waals surface area contributed by atoms with Gasteiger partial charge in [-0.15, -0.1) is 0 Å². The molecule has 1 aromatic rings. The number of esters is 1. The van der Waals surface area contributed by atoms with Crippen LogP contribution in [0.25, 0.3) is 0 Å². The smallest absolute Gasteiger partial charge is 0.387 e. The van der Waals surface area contributed by atoms with Crippen LogP contribution in [0.5, 0.6) is 5.75 Å². The fourth-order valence-corrected chi connectivity index (χ4v) is 1.82. The van der Waals surface area contributed by atoms with Gasteiger partial charge in [-0.25, -0.2) is 4.79 Å². The third-order valence-corrected chi connectivity index (χ3v) is 2.70. The normalized spacial score (nSPS) is 12.5. The van der Waals surface area contributed by atoms with Crippen LogP contribution in [0.2, 0.25) is 0 Å². The zero-order valence-electron chi connectivity index (χ0n) is 12.4. The molecule has 1 atom stereocenters. The lowest BCUT2D eigenvalue weighted by atomic mass is 10.0. The number of alkyl halides is 2. The fourth-order valence-electron chi connectivity index (χ4n) is 1.82. The molecule has 0 spiro atoms. The first-order valence-electron chi connectivity index (χ1n) is 6.89. The van der Waals surface area contributed by atoms with E-state index in [0.29, 0.717) is 18.0 Å². The van der Waals surface area contributed by atoms with Crippen molar-refractivity contribution in [2.45, 2.75) is 33.4 Å². The predicted octanol–water partition coefficient (Wildman–Crippen LogP) is 3.14. The van der Waals surface area contributed by atoms with Gasteiger partial charge in [-0.1, -0.05) is 32.0 Å². The molecular formula is C15H21F2NO3. The van der Waals surface area contributed by atoms with Crippen molar-refractivity contribution in [1.82, 2.24) is 5.32 Å². The SMILES string of the molecule is CCOC(=O)C(NCC(C)C)c1ccccc1OC(F)F. The largest absolute Gasteiger partial charge is 0.465 e. The van der Waals surface area contributed by atoms with Crippen LogP contribution in [0.3, 0.4) is 0 Å². The summed E-state index contributed by atoms with van der Waals surface area (Å²) in [5.41, 5.74) is 0.344. The third kappa shape index (κ3) is 5.67. The summed E-state index contributed by atoms with van der Waals surface area (Å²) in [6, 6.07) is 5.39. The molecule has 0 aromatic heterocycles. The minimum absolute atomic E-state index is 0.0261. The monoisotopic (exact) mass is 301 g/mol. The van der Waals surface area contributed by atoms with Gasteiger partial charge < -0.3 is 14.8 Å². The Morgan fingerprint density at radius 3 is 2.52 bits per heavy atom. The summed E-state index contributed by atoms with van der Waals surface area (Å²) >= 11 is 0.